The number of hydrogen-bond donors (Lipinski definition) is 3. The Morgan fingerprint density at radius 1 is 1.22 bits per heavy atom. The number of rotatable bonds is 2. The first-order chi connectivity index (χ1) is 3.71. The summed E-state index contributed by atoms with van der Waals surface area (Å²) < 4.78 is 0. The van der Waals surface area contributed by atoms with Gasteiger partial charge in [-0.3, -0.25) is 0 Å². The molecule has 0 saturated heterocycles. The van der Waals surface area contributed by atoms with E-state index < -0.39 is 11.3 Å². The van der Waals surface area contributed by atoms with Gasteiger partial charge in [0.25, 0.3) is 0 Å². The molecular formula is C6H16N2O. The molecule has 3 heteroatoms. The lowest BCUT2D eigenvalue weighted by molar-refractivity contribution is 0.0394. The molecule has 9 heavy (non-hydrogen) atoms. The largest absolute Gasteiger partial charge is 0.376 e. The third kappa shape index (κ3) is 7.88. The number of aliphatic hydroxyl groups is 1. The molecule has 5 N–H and O–H groups in total. The van der Waals surface area contributed by atoms with E-state index in [2.05, 4.69) is 0 Å². The number of hydrogen-bond acceptors (Lipinski definition) is 3. The van der Waals surface area contributed by atoms with E-state index in [0.717, 1.165) is 0 Å². The second-order valence-electron chi connectivity index (χ2n) is 3.52. The Morgan fingerprint density at radius 2 is 1.56 bits per heavy atom. The molecule has 1 unspecified atom stereocenters. The highest BCUT2D eigenvalue weighted by molar-refractivity contribution is 4.80. The standard InChI is InChI=1S/C6H16N2O/c1-5(2,7)4-6(3,8)9/h9H,4,7-8H2,1-3H3. The molecule has 0 fully saturated rings. The molecule has 0 bridgehead atoms. The monoisotopic (exact) mass is 132 g/mol. The maximum absolute atomic E-state index is 9.05. The summed E-state index contributed by atoms with van der Waals surface area (Å²) in [5.74, 6) is 0. The first-order valence-corrected chi connectivity index (χ1v) is 3.01. The lowest BCUT2D eigenvalue weighted by Crippen LogP contribution is -2.47. The summed E-state index contributed by atoms with van der Waals surface area (Å²) in [5.41, 5.74) is 9.35. The number of nitrogens with two attached hydrogens (primary N) is 2. The van der Waals surface area contributed by atoms with Gasteiger partial charge in [-0.2, -0.15) is 0 Å². The fourth-order valence-electron chi connectivity index (χ4n) is 0.922. The van der Waals surface area contributed by atoms with Gasteiger partial charge in [-0.25, -0.2) is 0 Å². The highest BCUT2D eigenvalue weighted by Gasteiger charge is 2.22. The van der Waals surface area contributed by atoms with E-state index in [0.29, 0.717) is 6.42 Å². The Balaban J connectivity index is 3.75. The maximum Gasteiger partial charge on any atom is 0.112 e. The van der Waals surface area contributed by atoms with Gasteiger partial charge in [-0.15, -0.1) is 0 Å². The zero-order chi connectivity index (χ0) is 7.71. The molecule has 0 heterocycles. The van der Waals surface area contributed by atoms with E-state index >= 15 is 0 Å². The van der Waals surface area contributed by atoms with Crippen LogP contribution in [0.2, 0.25) is 0 Å². The minimum absolute atomic E-state index is 0.391. The average Bonchev–Trinajstić information content (AvgIpc) is 1.14. The lowest BCUT2D eigenvalue weighted by Gasteiger charge is -2.27. The molecule has 1 atom stereocenters. The van der Waals surface area contributed by atoms with Gasteiger partial charge < -0.3 is 16.6 Å². The molecule has 0 saturated carbocycles. The third-order valence-corrected chi connectivity index (χ3v) is 0.814. The summed E-state index contributed by atoms with van der Waals surface area (Å²) in [5, 5.41) is 9.05. The Morgan fingerprint density at radius 3 is 1.56 bits per heavy atom. The van der Waals surface area contributed by atoms with Gasteiger partial charge in [0.05, 0.1) is 0 Å². The topological polar surface area (TPSA) is 72.3 Å². The summed E-state index contributed by atoms with van der Waals surface area (Å²) in [7, 11) is 0. The summed E-state index contributed by atoms with van der Waals surface area (Å²) in [4.78, 5) is 0. The Bertz CT molecular complexity index is 76.2. The summed E-state index contributed by atoms with van der Waals surface area (Å²) >= 11 is 0. The Kier molecular flexibility index (Phi) is 2.22. The van der Waals surface area contributed by atoms with E-state index in [9.17, 15) is 0 Å². The Labute approximate surface area is 56.0 Å². The molecular weight excluding hydrogens is 116 g/mol. The van der Waals surface area contributed by atoms with Crippen molar-refractivity contribution in [3.8, 4) is 0 Å². The molecule has 0 aromatic heterocycles. The van der Waals surface area contributed by atoms with Crippen LogP contribution in [0.3, 0.4) is 0 Å². The fourth-order valence-corrected chi connectivity index (χ4v) is 0.922. The van der Waals surface area contributed by atoms with Crippen LogP contribution in [0.1, 0.15) is 27.2 Å². The van der Waals surface area contributed by atoms with Gasteiger partial charge in [0, 0.05) is 12.0 Å². The molecule has 0 aromatic carbocycles. The molecule has 0 aliphatic heterocycles. The van der Waals surface area contributed by atoms with Crippen LogP contribution in [0.5, 0.6) is 0 Å². The highest BCUT2D eigenvalue weighted by Crippen LogP contribution is 2.11. The minimum Gasteiger partial charge on any atom is -0.376 e. The van der Waals surface area contributed by atoms with Gasteiger partial charge in [-0.05, 0) is 20.8 Å². The SMILES string of the molecule is CC(C)(N)CC(C)(N)O. The van der Waals surface area contributed by atoms with Crippen molar-refractivity contribution in [2.75, 3.05) is 0 Å². The molecule has 56 valence electrons. The zero-order valence-electron chi connectivity index (χ0n) is 6.31. The van der Waals surface area contributed by atoms with Crippen LogP contribution in [0.4, 0.5) is 0 Å². The Hall–Kier alpha value is -0.120. The van der Waals surface area contributed by atoms with Crippen molar-refractivity contribution in [3.63, 3.8) is 0 Å². The zero-order valence-corrected chi connectivity index (χ0v) is 6.31. The van der Waals surface area contributed by atoms with E-state index in [-0.39, 0.29) is 0 Å². The van der Waals surface area contributed by atoms with Gasteiger partial charge in [0.2, 0.25) is 0 Å². The first kappa shape index (κ1) is 8.88. The molecule has 3 nitrogen and oxygen atoms in total. The third-order valence-electron chi connectivity index (χ3n) is 0.814. The van der Waals surface area contributed by atoms with Crippen LogP contribution in [-0.2, 0) is 0 Å². The van der Waals surface area contributed by atoms with Gasteiger partial charge in [-0.1, -0.05) is 0 Å². The van der Waals surface area contributed by atoms with E-state index in [1.165, 1.54) is 0 Å². The molecule has 0 rings (SSSR count). The van der Waals surface area contributed by atoms with Crippen molar-refractivity contribution in [2.45, 2.75) is 38.5 Å². The average molecular weight is 132 g/mol. The van der Waals surface area contributed by atoms with Crippen molar-refractivity contribution in [2.24, 2.45) is 11.5 Å². The van der Waals surface area contributed by atoms with Crippen LogP contribution in [-0.4, -0.2) is 16.4 Å². The highest BCUT2D eigenvalue weighted by atomic mass is 16.3. The smallest absolute Gasteiger partial charge is 0.112 e. The second-order valence-corrected chi connectivity index (χ2v) is 3.52. The van der Waals surface area contributed by atoms with Crippen LogP contribution in [0.15, 0.2) is 0 Å². The molecule has 0 amide bonds. The van der Waals surface area contributed by atoms with Gasteiger partial charge in [0.1, 0.15) is 5.72 Å². The molecule has 0 radical (unpaired) electrons. The van der Waals surface area contributed by atoms with Crippen molar-refractivity contribution < 1.29 is 5.11 Å². The van der Waals surface area contributed by atoms with Crippen molar-refractivity contribution in [1.29, 1.82) is 0 Å². The summed E-state index contributed by atoms with van der Waals surface area (Å²) in [6, 6.07) is 0. The van der Waals surface area contributed by atoms with E-state index in [1.807, 2.05) is 13.8 Å². The summed E-state index contributed by atoms with van der Waals surface area (Å²) in [6.45, 7) is 5.20. The van der Waals surface area contributed by atoms with Gasteiger partial charge >= 0.3 is 0 Å². The van der Waals surface area contributed by atoms with Crippen LogP contribution in [0, 0.1) is 0 Å². The van der Waals surface area contributed by atoms with Crippen molar-refractivity contribution >= 4 is 0 Å². The van der Waals surface area contributed by atoms with Gasteiger partial charge in [0.15, 0.2) is 0 Å². The molecule has 0 aromatic rings. The maximum atomic E-state index is 9.05. The normalized spacial score (nSPS) is 19.3. The molecule has 0 spiro atoms. The van der Waals surface area contributed by atoms with Crippen molar-refractivity contribution in [1.82, 2.24) is 0 Å². The summed E-state index contributed by atoms with van der Waals surface area (Å²) in [6.07, 6.45) is 0.403. The second kappa shape index (κ2) is 2.25. The lowest BCUT2D eigenvalue weighted by atomic mass is 9.96. The molecule has 0 aliphatic carbocycles. The quantitative estimate of drug-likeness (QED) is 0.455. The van der Waals surface area contributed by atoms with E-state index in [1.54, 1.807) is 6.92 Å². The van der Waals surface area contributed by atoms with Crippen LogP contribution in [0.25, 0.3) is 0 Å². The molecule has 0 aliphatic rings. The van der Waals surface area contributed by atoms with Crippen molar-refractivity contribution in [3.05, 3.63) is 0 Å². The predicted molar refractivity (Wildman–Crippen MR) is 37.7 cm³/mol. The minimum atomic E-state index is -1.14. The van der Waals surface area contributed by atoms with Crippen LogP contribution < -0.4 is 11.5 Å². The van der Waals surface area contributed by atoms with E-state index in [4.69, 9.17) is 16.6 Å². The van der Waals surface area contributed by atoms with Crippen LogP contribution >= 0.6 is 0 Å². The predicted octanol–water partition coefficient (Wildman–Crippen LogP) is -0.219. The fraction of sp³-hybridized carbons (Fsp3) is 1.00. The first-order valence-electron chi connectivity index (χ1n) is 3.01.